The number of carbonyl (C=O) groups excluding carboxylic acids is 1. The molecular formula is C18H18F2N2O4S. The fourth-order valence-corrected chi connectivity index (χ4v) is 3.79. The van der Waals surface area contributed by atoms with Crippen molar-refractivity contribution in [1.29, 1.82) is 0 Å². The standard InChI is InChI=1S/C18H18F2N2O4S/c19-16-7-6-13(10-17(16)20)22-27(24,25)15-5-1-3-12(9-15)18(23)21-11-14-4-2-8-26-14/h1,3,5-7,9-10,14,22H,2,4,8,11H2,(H,21,23). The minimum Gasteiger partial charge on any atom is -0.376 e. The molecule has 1 unspecified atom stereocenters. The first-order chi connectivity index (χ1) is 12.8. The SMILES string of the molecule is O=C(NCC1CCCO1)c1cccc(S(=O)(=O)Nc2ccc(F)c(F)c2)c1. The molecular weight excluding hydrogens is 378 g/mol. The molecule has 2 aromatic rings. The third-order valence-corrected chi connectivity index (χ3v) is 5.47. The molecule has 2 aromatic carbocycles. The van der Waals surface area contributed by atoms with Gasteiger partial charge in [-0.05, 0) is 43.2 Å². The summed E-state index contributed by atoms with van der Waals surface area (Å²) in [5, 5.41) is 2.71. The maximum absolute atomic E-state index is 13.3. The second-order valence-corrected chi connectivity index (χ2v) is 7.79. The van der Waals surface area contributed by atoms with Crippen LogP contribution in [-0.2, 0) is 14.8 Å². The third kappa shape index (κ3) is 4.81. The number of hydrogen-bond donors (Lipinski definition) is 2. The van der Waals surface area contributed by atoms with Gasteiger partial charge in [0.25, 0.3) is 15.9 Å². The summed E-state index contributed by atoms with van der Waals surface area (Å²) >= 11 is 0. The Hall–Kier alpha value is -2.52. The Bertz CT molecular complexity index is 944. The van der Waals surface area contributed by atoms with Crippen LogP contribution in [0.5, 0.6) is 0 Å². The number of ether oxygens (including phenoxy) is 1. The summed E-state index contributed by atoms with van der Waals surface area (Å²) in [6.07, 6.45) is 1.78. The highest BCUT2D eigenvalue weighted by molar-refractivity contribution is 7.92. The van der Waals surface area contributed by atoms with Crippen LogP contribution >= 0.6 is 0 Å². The summed E-state index contributed by atoms with van der Waals surface area (Å²) in [5.41, 5.74) is 0.0447. The van der Waals surface area contributed by atoms with Crippen molar-refractivity contribution in [2.45, 2.75) is 23.8 Å². The molecule has 1 atom stereocenters. The Labute approximate surface area is 155 Å². The van der Waals surface area contributed by atoms with E-state index in [-0.39, 0.29) is 22.3 Å². The van der Waals surface area contributed by atoms with Crippen LogP contribution in [0, 0.1) is 11.6 Å². The van der Waals surface area contributed by atoms with Crippen molar-refractivity contribution in [2.24, 2.45) is 0 Å². The molecule has 0 saturated carbocycles. The van der Waals surface area contributed by atoms with Crippen LogP contribution in [0.25, 0.3) is 0 Å². The van der Waals surface area contributed by atoms with E-state index in [9.17, 15) is 22.0 Å². The molecule has 2 N–H and O–H groups in total. The molecule has 1 saturated heterocycles. The zero-order valence-electron chi connectivity index (χ0n) is 14.2. The zero-order valence-corrected chi connectivity index (χ0v) is 15.1. The van der Waals surface area contributed by atoms with Crippen molar-refractivity contribution >= 4 is 21.6 Å². The highest BCUT2D eigenvalue weighted by Crippen LogP contribution is 2.19. The van der Waals surface area contributed by atoms with Crippen LogP contribution in [0.15, 0.2) is 47.4 Å². The van der Waals surface area contributed by atoms with Gasteiger partial charge >= 0.3 is 0 Å². The molecule has 0 spiro atoms. The lowest BCUT2D eigenvalue weighted by Crippen LogP contribution is -2.31. The van der Waals surface area contributed by atoms with Crippen LogP contribution in [0.3, 0.4) is 0 Å². The average Bonchev–Trinajstić information content (AvgIpc) is 3.16. The van der Waals surface area contributed by atoms with Crippen molar-refractivity contribution in [2.75, 3.05) is 17.9 Å². The molecule has 0 radical (unpaired) electrons. The highest BCUT2D eigenvalue weighted by atomic mass is 32.2. The second kappa shape index (κ2) is 8.01. The number of rotatable bonds is 6. The summed E-state index contributed by atoms with van der Waals surface area (Å²) in [5.74, 6) is -2.67. The first-order valence-corrected chi connectivity index (χ1v) is 9.81. The molecule has 3 rings (SSSR count). The number of amides is 1. The first-order valence-electron chi connectivity index (χ1n) is 8.33. The summed E-state index contributed by atoms with van der Waals surface area (Å²) in [6.45, 7) is 1.02. The van der Waals surface area contributed by atoms with E-state index < -0.39 is 27.6 Å². The van der Waals surface area contributed by atoms with E-state index in [0.717, 1.165) is 31.0 Å². The summed E-state index contributed by atoms with van der Waals surface area (Å²) in [6, 6.07) is 8.11. The largest absolute Gasteiger partial charge is 0.376 e. The molecule has 0 bridgehead atoms. The third-order valence-electron chi connectivity index (χ3n) is 4.09. The van der Waals surface area contributed by atoms with Crippen LogP contribution in [-0.4, -0.2) is 33.6 Å². The molecule has 1 heterocycles. The van der Waals surface area contributed by atoms with E-state index in [1.165, 1.54) is 24.3 Å². The number of benzene rings is 2. The van der Waals surface area contributed by atoms with Gasteiger partial charge in [0.2, 0.25) is 0 Å². The van der Waals surface area contributed by atoms with Crippen molar-refractivity contribution in [3.63, 3.8) is 0 Å². The molecule has 0 aromatic heterocycles. The molecule has 6 nitrogen and oxygen atoms in total. The van der Waals surface area contributed by atoms with E-state index in [4.69, 9.17) is 4.74 Å². The van der Waals surface area contributed by atoms with Crippen LogP contribution in [0.4, 0.5) is 14.5 Å². The van der Waals surface area contributed by atoms with Crippen molar-refractivity contribution in [3.8, 4) is 0 Å². The number of nitrogens with one attached hydrogen (secondary N) is 2. The van der Waals surface area contributed by atoms with Gasteiger partial charge in [0.15, 0.2) is 11.6 Å². The Morgan fingerprint density at radius 3 is 2.67 bits per heavy atom. The van der Waals surface area contributed by atoms with Crippen molar-refractivity contribution < 1.29 is 26.7 Å². The number of hydrogen-bond acceptors (Lipinski definition) is 4. The van der Waals surface area contributed by atoms with E-state index in [1.807, 2.05) is 0 Å². The minimum absolute atomic E-state index is 0.0316. The average molecular weight is 396 g/mol. The van der Waals surface area contributed by atoms with Gasteiger partial charge in [-0.3, -0.25) is 9.52 Å². The van der Waals surface area contributed by atoms with E-state index in [2.05, 4.69) is 10.0 Å². The smallest absolute Gasteiger partial charge is 0.261 e. The molecule has 1 aliphatic heterocycles. The zero-order chi connectivity index (χ0) is 19.4. The first kappa shape index (κ1) is 19.2. The normalized spacial score (nSPS) is 16.9. The van der Waals surface area contributed by atoms with Gasteiger partial charge < -0.3 is 10.1 Å². The van der Waals surface area contributed by atoms with E-state index in [0.29, 0.717) is 13.2 Å². The Morgan fingerprint density at radius 1 is 1.15 bits per heavy atom. The van der Waals surface area contributed by atoms with Crippen LogP contribution in [0.1, 0.15) is 23.2 Å². The van der Waals surface area contributed by atoms with Gasteiger partial charge in [-0.1, -0.05) is 6.07 Å². The lowest BCUT2D eigenvalue weighted by Gasteiger charge is -2.12. The van der Waals surface area contributed by atoms with Gasteiger partial charge in [0, 0.05) is 24.8 Å². The maximum Gasteiger partial charge on any atom is 0.261 e. The Balaban J connectivity index is 1.72. The highest BCUT2D eigenvalue weighted by Gasteiger charge is 2.19. The van der Waals surface area contributed by atoms with Crippen molar-refractivity contribution in [3.05, 3.63) is 59.7 Å². The summed E-state index contributed by atoms with van der Waals surface area (Å²) in [4.78, 5) is 12.1. The van der Waals surface area contributed by atoms with Gasteiger partial charge in [-0.25, -0.2) is 17.2 Å². The molecule has 1 amide bonds. The molecule has 1 aliphatic rings. The van der Waals surface area contributed by atoms with E-state index in [1.54, 1.807) is 0 Å². The topological polar surface area (TPSA) is 84.5 Å². The minimum atomic E-state index is -4.07. The van der Waals surface area contributed by atoms with Crippen molar-refractivity contribution in [1.82, 2.24) is 5.32 Å². The fourth-order valence-electron chi connectivity index (χ4n) is 2.69. The summed E-state index contributed by atoms with van der Waals surface area (Å²) < 4.78 is 58.7. The van der Waals surface area contributed by atoms with Crippen LogP contribution in [0.2, 0.25) is 0 Å². The summed E-state index contributed by atoms with van der Waals surface area (Å²) in [7, 11) is -4.07. The fraction of sp³-hybridized carbons (Fsp3) is 0.278. The number of sulfonamides is 1. The molecule has 9 heteroatoms. The number of anilines is 1. The second-order valence-electron chi connectivity index (χ2n) is 6.11. The predicted octanol–water partition coefficient (Wildman–Crippen LogP) is 2.67. The lowest BCUT2D eigenvalue weighted by atomic mass is 10.2. The number of halogens is 2. The molecule has 27 heavy (non-hydrogen) atoms. The monoisotopic (exact) mass is 396 g/mol. The quantitative estimate of drug-likeness (QED) is 0.786. The lowest BCUT2D eigenvalue weighted by molar-refractivity contribution is 0.0857. The van der Waals surface area contributed by atoms with Gasteiger partial charge in [-0.15, -0.1) is 0 Å². The van der Waals surface area contributed by atoms with Gasteiger partial charge in [-0.2, -0.15) is 0 Å². The maximum atomic E-state index is 13.3. The Morgan fingerprint density at radius 2 is 1.96 bits per heavy atom. The van der Waals surface area contributed by atoms with Crippen LogP contribution < -0.4 is 10.0 Å². The number of carbonyl (C=O) groups is 1. The molecule has 0 aliphatic carbocycles. The van der Waals surface area contributed by atoms with Gasteiger partial charge in [0.1, 0.15) is 0 Å². The predicted molar refractivity (Wildman–Crippen MR) is 94.9 cm³/mol. The Kier molecular flexibility index (Phi) is 5.71. The molecule has 144 valence electrons. The molecule has 1 fully saturated rings. The van der Waals surface area contributed by atoms with Gasteiger partial charge in [0.05, 0.1) is 16.7 Å². The van der Waals surface area contributed by atoms with E-state index >= 15 is 0 Å².